The molecule has 0 aliphatic carbocycles. The van der Waals surface area contributed by atoms with E-state index in [9.17, 15) is 5.11 Å². The fourth-order valence-electron chi connectivity index (χ4n) is 9.42. The maximum atomic E-state index is 12.2. The van der Waals surface area contributed by atoms with Crippen molar-refractivity contribution in [1.82, 2.24) is 9.13 Å². The van der Waals surface area contributed by atoms with Gasteiger partial charge in [0.15, 0.2) is 5.75 Å². The Bertz CT molecular complexity index is 3200. The van der Waals surface area contributed by atoms with Gasteiger partial charge in [-0.05, 0) is 99.5 Å². The second-order valence-corrected chi connectivity index (χ2v) is 16.4. The van der Waals surface area contributed by atoms with Gasteiger partial charge in [-0.25, -0.2) is 0 Å². The van der Waals surface area contributed by atoms with Crippen LogP contribution in [0.3, 0.4) is 0 Å². The Hall–Kier alpha value is -7.44. The molecule has 1 N–H and O–H groups in total. The van der Waals surface area contributed by atoms with Crippen molar-refractivity contribution in [2.75, 3.05) is 7.11 Å². The summed E-state index contributed by atoms with van der Waals surface area (Å²) in [4.78, 5) is 0. The maximum absolute atomic E-state index is 12.2. The van der Waals surface area contributed by atoms with Gasteiger partial charge < -0.3 is 28.5 Å². The summed E-state index contributed by atoms with van der Waals surface area (Å²) >= 11 is 0. The van der Waals surface area contributed by atoms with Gasteiger partial charge in [0, 0.05) is 50.2 Å². The van der Waals surface area contributed by atoms with E-state index in [1.165, 1.54) is 10.8 Å². The number of benzene rings is 8. The highest BCUT2D eigenvalue weighted by atomic mass is 16.5. The molecule has 2 unspecified atom stereocenters. The number of nitrogens with zero attached hydrogens (tertiary/aromatic N) is 2. The van der Waals surface area contributed by atoms with Crippen molar-refractivity contribution in [3.05, 3.63) is 181 Å². The SMILES string of the molecule is COc1c(-c2ccccc2OC(C)CC(C)Oc2ccccc2-c2cc(C)cc(-n3c4ccccc4c4ccccc43)c2O)cc(C)cc1-n1c2ccccc2c2ccccc21. The fraction of sp³-hybridized carbons (Fsp3) is 0.143. The summed E-state index contributed by atoms with van der Waals surface area (Å²) in [7, 11) is 1.75. The molecule has 0 saturated heterocycles. The molecule has 2 aromatic heterocycles. The second kappa shape index (κ2) is 15.9. The van der Waals surface area contributed by atoms with Gasteiger partial charge in [-0.15, -0.1) is 0 Å². The van der Waals surface area contributed by atoms with Gasteiger partial charge in [-0.3, -0.25) is 0 Å². The van der Waals surface area contributed by atoms with E-state index in [4.69, 9.17) is 14.2 Å². The molecule has 0 radical (unpaired) electrons. The molecule has 0 aliphatic heterocycles. The number of rotatable bonds is 11. The third-order valence-electron chi connectivity index (χ3n) is 12.0. The van der Waals surface area contributed by atoms with Crippen LogP contribution in [0.25, 0.3) is 77.2 Å². The number of phenolic OH excluding ortho intramolecular Hbond substituents is 1. The molecule has 0 spiro atoms. The van der Waals surface area contributed by atoms with Crippen LogP contribution < -0.4 is 14.2 Å². The lowest BCUT2D eigenvalue weighted by molar-refractivity contribution is 0.131. The van der Waals surface area contributed by atoms with E-state index < -0.39 is 0 Å². The van der Waals surface area contributed by atoms with Crippen LogP contribution in [0.15, 0.2) is 170 Å². The van der Waals surface area contributed by atoms with Crippen LogP contribution in [0, 0.1) is 13.8 Å². The fourth-order valence-corrected chi connectivity index (χ4v) is 9.42. The number of hydrogen-bond acceptors (Lipinski definition) is 4. The number of aromatic nitrogens is 2. The smallest absolute Gasteiger partial charge is 0.150 e. The van der Waals surface area contributed by atoms with Gasteiger partial charge in [0.1, 0.15) is 17.2 Å². The maximum Gasteiger partial charge on any atom is 0.150 e. The lowest BCUT2D eigenvalue weighted by atomic mass is 9.99. The molecule has 6 nitrogen and oxygen atoms in total. The summed E-state index contributed by atoms with van der Waals surface area (Å²) in [6.07, 6.45) is 0.213. The first-order valence-corrected chi connectivity index (χ1v) is 21.3. The molecule has 0 bridgehead atoms. The van der Waals surface area contributed by atoms with E-state index in [0.717, 1.165) is 89.1 Å². The van der Waals surface area contributed by atoms with Crippen molar-refractivity contribution < 1.29 is 19.3 Å². The lowest BCUT2D eigenvalue weighted by Crippen LogP contribution is -2.23. The molecule has 10 aromatic rings. The third-order valence-corrected chi connectivity index (χ3v) is 12.0. The van der Waals surface area contributed by atoms with Crippen molar-refractivity contribution in [1.29, 1.82) is 0 Å². The summed E-state index contributed by atoms with van der Waals surface area (Å²) < 4.78 is 24.3. The first-order valence-electron chi connectivity index (χ1n) is 21.3. The predicted octanol–water partition coefficient (Wildman–Crippen LogP) is 14.2. The Labute approximate surface area is 361 Å². The Kier molecular flexibility index (Phi) is 9.92. The number of aromatic hydroxyl groups is 1. The topological polar surface area (TPSA) is 57.8 Å². The van der Waals surface area contributed by atoms with Gasteiger partial charge in [0.25, 0.3) is 0 Å². The van der Waals surface area contributed by atoms with Crippen molar-refractivity contribution in [3.8, 4) is 56.6 Å². The molecular weight excluding hydrogens is 765 g/mol. The minimum Gasteiger partial charge on any atom is -0.505 e. The van der Waals surface area contributed by atoms with Crippen LogP contribution in [-0.2, 0) is 0 Å². The Morgan fingerprint density at radius 3 is 1.29 bits per heavy atom. The summed E-state index contributed by atoms with van der Waals surface area (Å²) in [5.41, 5.74) is 11.6. The molecule has 62 heavy (non-hydrogen) atoms. The third kappa shape index (κ3) is 6.69. The van der Waals surface area contributed by atoms with Crippen LogP contribution >= 0.6 is 0 Å². The van der Waals surface area contributed by atoms with Gasteiger partial charge in [0.2, 0.25) is 0 Å². The van der Waals surface area contributed by atoms with Crippen LogP contribution in [0.1, 0.15) is 31.4 Å². The molecule has 0 fully saturated rings. The van der Waals surface area contributed by atoms with Crippen molar-refractivity contribution in [2.45, 2.75) is 46.3 Å². The van der Waals surface area contributed by atoms with Gasteiger partial charge in [0.05, 0.1) is 52.8 Å². The van der Waals surface area contributed by atoms with Gasteiger partial charge in [-0.1, -0.05) is 109 Å². The number of hydrogen-bond donors (Lipinski definition) is 1. The highest BCUT2D eigenvalue weighted by Crippen LogP contribution is 2.45. The van der Waals surface area contributed by atoms with Crippen molar-refractivity contribution >= 4 is 43.6 Å². The Morgan fingerprint density at radius 1 is 0.452 bits per heavy atom. The monoisotopic (exact) mass is 812 g/mol. The molecule has 6 heteroatoms. The molecule has 8 aromatic carbocycles. The van der Waals surface area contributed by atoms with Crippen LogP contribution in [0.5, 0.6) is 23.0 Å². The van der Waals surface area contributed by atoms with Crippen molar-refractivity contribution in [3.63, 3.8) is 0 Å². The Morgan fingerprint density at radius 2 is 0.823 bits per heavy atom. The summed E-state index contributed by atoms with van der Waals surface area (Å²) in [6.45, 7) is 8.36. The lowest BCUT2D eigenvalue weighted by Gasteiger charge is -2.24. The summed E-state index contributed by atoms with van der Waals surface area (Å²) in [5.74, 6) is 2.45. The summed E-state index contributed by atoms with van der Waals surface area (Å²) in [6, 6.07) is 58.4. The number of phenols is 1. The number of ether oxygens (including phenoxy) is 3. The van der Waals surface area contributed by atoms with E-state index in [1.54, 1.807) is 7.11 Å². The zero-order valence-corrected chi connectivity index (χ0v) is 35.6. The molecule has 0 saturated carbocycles. The number of aryl methyl sites for hydroxylation is 2. The number of fused-ring (bicyclic) bond motifs is 6. The zero-order valence-electron chi connectivity index (χ0n) is 35.6. The highest BCUT2D eigenvalue weighted by Gasteiger charge is 2.24. The molecule has 2 atom stereocenters. The highest BCUT2D eigenvalue weighted by molar-refractivity contribution is 6.10. The van der Waals surface area contributed by atoms with E-state index >= 15 is 0 Å². The number of methoxy groups -OCH3 is 1. The molecule has 0 amide bonds. The average Bonchev–Trinajstić information content (AvgIpc) is 3.80. The average molecular weight is 813 g/mol. The van der Waals surface area contributed by atoms with Gasteiger partial charge >= 0.3 is 0 Å². The van der Waals surface area contributed by atoms with Crippen LogP contribution in [0.2, 0.25) is 0 Å². The van der Waals surface area contributed by atoms with E-state index in [2.05, 4.69) is 146 Å². The van der Waals surface area contributed by atoms with E-state index in [-0.39, 0.29) is 18.0 Å². The standard InChI is InChI=1S/C56H48N2O4/c1-35-30-45(55(59)51(32-35)57-47-24-12-6-18-39(47)40-19-7-13-25-48(40)57)43-22-10-16-28-53(43)61-37(3)34-38(4)62-54-29-17-11-23-44(54)46-31-36(2)33-52(56(46)60-5)58-49-26-14-8-20-41(49)42-21-9-15-27-50(42)58/h6-33,37-38,59H,34H2,1-5H3. The molecule has 10 rings (SSSR count). The van der Waals surface area contributed by atoms with Crippen molar-refractivity contribution in [2.24, 2.45) is 0 Å². The quantitative estimate of drug-likeness (QED) is 0.141. The van der Waals surface area contributed by atoms with E-state index in [0.29, 0.717) is 12.2 Å². The zero-order chi connectivity index (χ0) is 42.5. The molecule has 0 aliphatic rings. The van der Waals surface area contributed by atoms with Crippen LogP contribution in [0.4, 0.5) is 0 Å². The van der Waals surface area contributed by atoms with Crippen LogP contribution in [-0.4, -0.2) is 33.6 Å². The largest absolute Gasteiger partial charge is 0.505 e. The molecule has 306 valence electrons. The first kappa shape index (κ1) is 38.7. The van der Waals surface area contributed by atoms with E-state index in [1.807, 2.05) is 60.7 Å². The predicted molar refractivity (Wildman–Crippen MR) is 255 cm³/mol. The Balaban J connectivity index is 0.944. The first-order chi connectivity index (χ1) is 30.3. The molecular formula is C56H48N2O4. The minimum absolute atomic E-state index is 0.194. The van der Waals surface area contributed by atoms with Gasteiger partial charge in [-0.2, -0.15) is 0 Å². The minimum atomic E-state index is -0.211. The normalized spacial score (nSPS) is 12.6. The molecule has 2 heterocycles. The number of para-hydroxylation sites is 6. The second-order valence-electron chi connectivity index (χ2n) is 16.4. The summed E-state index contributed by atoms with van der Waals surface area (Å²) in [5, 5.41) is 16.8.